The molecule has 184 valence electrons. The third-order valence-corrected chi connectivity index (χ3v) is 7.23. The molecular weight excluding hydrogens is 434 g/mol. The number of methoxy groups -OCH3 is 1. The predicted molar refractivity (Wildman–Crippen MR) is 142 cm³/mol. The molecule has 2 N–H and O–H groups in total. The van der Waals surface area contributed by atoms with E-state index in [1.807, 2.05) is 30.2 Å². The van der Waals surface area contributed by atoms with Crippen LogP contribution >= 0.6 is 0 Å². The molecule has 4 atom stereocenters. The van der Waals surface area contributed by atoms with E-state index in [2.05, 4.69) is 67.4 Å². The molecule has 5 heteroatoms. The van der Waals surface area contributed by atoms with Gasteiger partial charge in [-0.2, -0.15) is 0 Å². The fourth-order valence-corrected chi connectivity index (χ4v) is 4.50. The van der Waals surface area contributed by atoms with Crippen LogP contribution in [0.3, 0.4) is 0 Å². The Morgan fingerprint density at radius 2 is 1.74 bits per heavy atom. The van der Waals surface area contributed by atoms with Gasteiger partial charge in [-0.15, -0.1) is 0 Å². The van der Waals surface area contributed by atoms with Crippen molar-refractivity contribution in [3.63, 3.8) is 0 Å². The van der Waals surface area contributed by atoms with Gasteiger partial charge in [-0.05, 0) is 59.7 Å². The molecule has 1 amide bonds. The number of aryl methyl sites for hydroxylation is 1. The van der Waals surface area contributed by atoms with Crippen molar-refractivity contribution in [1.29, 1.82) is 0 Å². The first-order valence-corrected chi connectivity index (χ1v) is 12.6. The molecule has 1 aliphatic carbocycles. The monoisotopic (exact) mass is 471 g/mol. The van der Waals surface area contributed by atoms with Crippen molar-refractivity contribution in [2.24, 2.45) is 17.6 Å². The van der Waals surface area contributed by atoms with Gasteiger partial charge < -0.3 is 15.4 Å². The standard InChI is InChI=1S/C30H37N3O2/c1-5-21(3)28(31)18-33(30(34)27-16-26(27)29-15-6-20(2)17-32-29)25-13-11-24(12-14-25)23-9-7-22(8-10-23)19-35-4/h6-15,17,21,26-28H,5,16,18-19,31H2,1-4H3/t21-,26+,27+,28+/m0/s1. The highest BCUT2D eigenvalue weighted by Crippen LogP contribution is 2.48. The molecular formula is C30H37N3O2. The van der Waals surface area contributed by atoms with Crippen LogP contribution in [0.15, 0.2) is 66.9 Å². The van der Waals surface area contributed by atoms with Gasteiger partial charge in [0.25, 0.3) is 0 Å². The van der Waals surface area contributed by atoms with Crippen LogP contribution in [0.25, 0.3) is 11.1 Å². The van der Waals surface area contributed by atoms with E-state index in [1.54, 1.807) is 7.11 Å². The van der Waals surface area contributed by atoms with Crippen molar-refractivity contribution in [1.82, 2.24) is 4.98 Å². The lowest BCUT2D eigenvalue weighted by atomic mass is 9.98. The third kappa shape index (κ3) is 5.98. The molecule has 0 spiro atoms. The fourth-order valence-electron chi connectivity index (χ4n) is 4.50. The maximum Gasteiger partial charge on any atom is 0.230 e. The van der Waals surface area contributed by atoms with E-state index < -0.39 is 0 Å². The van der Waals surface area contributed by atoms with E-state index in [4.69, 9.17) is 10.5 Å². The van der Waals surface area contributed by atoms with Crippen LogP contribution < -0.4 is 10.6 Å². The molecule has 1 aliphatic rings. The van der Waals surface area contributed by atoms with Crippen LogP contribution in [0, 0.1) is 18.8 Å². The summed E-state index contributed by atoms with van der Waals surface area (Å²) < 4.78 is 5.21. The number of ether oxygens (including phenoxy) is 1. The van der Waals surface area contributed by atoms with E-state index in [9.17, 15) is 4.79 Å². The Morgan fingerprint density at radius 3 is 2.31 bits per heavy atom. The lowest BCUT2D eigenvalue weighted by Gasteiger charge is -2.29. The molecule has 0 aliphatic heterocycles. The Balaban J connectivity index is 1.54. The van der Waals surface area contributed by atoms with Crippen LogP contribution in [0.4, 0.5) is 5.69 Å². The smallest absolute Gasteiger partial charge is 0.230 e. The van der Waals surface area contributed by atoms with E-state index in [-0.39, 0.29) is 23.8 Å². The lowest BCUT2D eigenvalue weighted by molar-refractivity contribution is -0.120. The Labute approximate surface area is 209 Å². The van der Waals surface area contributed by atoms with E-state index in [0.717, 1.165) is 46.5 Å². The van der Waals surface area contributed by atoms with Crippen molar-refractivity contribution in [2.45, 2.75) is 52.2 Å². The normalized spacial score (nSPS) is 18.7. The van der Waals surface area contributed by atoms with Gasteiger partial charge in [0.15, 0.2) is 0 Å². The topological polar surface area (TPSA) is 68.5 Å². The number of amides is 1. The second kappa shape index (κ2) is 11.1. The fraction of sp³-hybridized carbons (Fsp3) is 0.400. The van der Waals surface area contributed by atoms with Crippen molar-refractivity contribution >= 4 is 11.6 Å². The van der Waals surface area contributed by atoms with Gasteiger partial charge in [0, 0.05) is 49.1 Å². The average Bonchev–Trinajstić information content (AvgIpc) is 3.68. The summed E-state index contributed by atoms with van der Waals surface area (Å²) in [4.78, 5) is 20.2. The zero-order chi connectivity index (χ0) is 24.9. The summed E-state index contributed by atoms with van der Waals surface area (Å²) in [5.74, 6) is 0.634. The predicted octanol–water partition coefficient (Wildman–Crippen LogP) is 5.71. The highest BCUT2D eigenvalue weighted by atomic mass is 16.5. The summed E-state index contributed by atoms with van der Waals surface area (Å²) in [5.41, 5.74) is 13.0. The molecule has 1 saturated carbocycles. The summed E-state index contributed by atoms with van der Waals surface area (Å²) in [5, 5.41) is 0. The molecule has 0 radical (unpaired) electrons. The van der Waals surface area contributed by atoms with Crippen LogP contribution in [-0.2, 0) is 16.1 Å². The van der Waals surface area contributed by atoms with Gasteiger partial charge in [-0.25, -0.2) is 0 Å². The minimum atomic E-state index is -0.0772. The highest BCUT2D eigenvalue weighted by Gasteiger charge is 2.47. The summed E-state index contributed by atoms with van der Waals surface area (Å²) in [7, 11) is 1.70. The summed E-state index contributed by atoms with van der Waals surface area (Å²) in [6, 6.07) is 20.7. The van der Waals surface area contributed by atoms with Crippen molar-refractivity contribution < 1.29 is 9.53 Å². The van der Waals surface area contributed by atoms with Crippen LogP contribution in [0.5, 0.6) is 0 Å². The summed E-state index contributed by atoms with van der Waals surface area (Å²) >= 11 is 0. The Kier molecular flexibility index (Phi) is 7.99. The maximum atomic E-state index is 13.7. The van der Waals surface area contributed by atoms with Gasteiger partial charge in [0.2, 0.25) is 5.91 Å². The maximum absolute atomic E-state index is 13.7. The number of hydrogen-bond acceptors (Lipinski definition) is 4. The number of nitrogens with zero attached hydrogens (tertiary/aromatic N) is 2. The molecule has 5 nitrogen and oxygen atoms in total. The number of carbonyl (C=O) groups excluding carboxylic acids is 1. The minimum absolute atomic E-state index is 0.0395. The number of aromatic nitrogens is 1. The average molecular weight is 472 g/mol. The minimum Gasteiger partial charge on any atom is -0.380 e. The van der Waals surface area contributed by atoms with Gasteiger partial charge in [-0.1, -0.05) is 62.7 Å². The number of pyridine rings is 1. The van der Waals surface area contributed by atoms with Crippen molar-refractivity contribution in [3.05, 3.63) is 83.7 Å². The lowest BCUT2D eigenvalue weighted by Crippen LogP contribution is -2.45. The Bertz CT molecular complexity index is 1110. The first-order valence-electron chi connectivity index (χ1n) is 12.6. The molecule has 3 aromatic rings. The van der Waals surface area contributed by atoms with E-state index >= 15 is 0 Å². The number of carbonyl (C=O) groups is 1. The molecule has 0 bridgehead atoms. The van der Waals surface area contributed by atoms with Crippen LogP contribution in [-0.4, -0.2) is 30.6 Å². The van der Waals surface area contributed by atoms with Crippen molar-refractivity contribution in [2.75, 3.05) is 18.6 Å². The SMILES string of the molecule is CC[C@H](C)[C@H](N)CN(C(=O)[C@@H]1C[C@H]1c1ccc(C)cn1)c1ccc(-c2ccc(COC)cc2)cc1. The zero-order valence-corrected chi connectivity index (χ0v) is 21.3. The number of rotatable bonds is 10. The Hall–Kier alpha value is -3.02. The molecule has 35 heavy (non-hydrogen) atoms. The third-order valence-electron chi connectivity index (χ3n) is 7.23. The molecule has 1 heterocycles. The molecule has 0 unspecified atom stereocenters. The van der Waals surface area contributed by atoms with Crippen molar-refractivity contribution in [3.8, 4) is 11.1 Å². The van der Waals surface area contributed by atoms with Gasteiger partial charge in [0.05, 0.1) is 6.61 Å². The van der Waals surface area contributed by atoms with Gasteiger partial charge in [-0.3, -0.25) is 9.78 Å². The molecule has 4 rings (SSSR count). The molecule has 0 saturated heterocycles. The number of anilines is 1. The number of benzene rings is 2. The second-order valence-corrected chi connectivity index (χ2v) is 9.88. The first kappa shape index (κ1) is 25.1. The summed E-state index contributed by atoms with van der Waals surface area (Å²) in [6.45, 7) is 7.45. The summed E-state index contributed by atoms with van der Waals surface area (Å²) in [6.07, 6.45) is 3.71. The first-order chi connectivity index (χ1) is 16.9. The molecule has 1 fully saturated rings. The zero-order valence-electron chi connectivity index (χ0n) is 21.3. The van der Waals surface area contributed by atoms with E-state index in [0.29, 0.717) is 19.1 Å². The second-order valence-electron chi connectivity index (χ2n) is 9.88. The van der Waals surface area contributed by atoms with Crippen LogP contribution in [0.1, 0.15) is 49.4 Å². The highest BCUT2D eigenvalue weighted by molar-refractivity contribution is 5.97. The molecule has 1 aromatic heterocycles. The largest absolute Gasteiger partial charge is 0.380 e. The van der Waals surface area contributed by atoms with Gasteiger partial charge in [0.1, 0.15) is 0 Å². The number of nitrogens with two attached hydrogens (primary N) is 1. The van der Waals surface area contributed by atoms with Gasteiger partial charge >= 0.3 is 0 Å². The molecule has 2 aromatic carbocycles. The Morgan fingerprint density at radius 1 is 1.09 bits per heavy atom. The number of hydrogen-bond donors (Lipinski definition) is 1. The van der Waals surface area contributed by atoms with E-state index in [1.165, 1.54) is 0 Å². The quantitative estimate of drug-likeness (QED) is 0.411. The van der Waals surface area contributed by atoms with Crippen LogP contribution in [0.2, 0.25) is 0 Å².